The highest BCUT2D eigenvalue weighted by molar-refractivity contribution is 5.66. The predicted molar refractivity (Wildman–Crippen MR) is 95.0 cm³/mol. The number of aliphatic carboxylic acids is 1. The zero-order chi connectivity index (χ0) is 16.3. The summed E-state index contributed by atoms with van der Waals surface area (Å²) in [7, 11) is 0. The van der Waals surface area contributed by atoms with E-state index in [4.69, 9.17) is 5.11 Å². The second-order valence-corrected chi connectivity index (χ2v) is 6.24. The van der Waals surface area contributed by atoms with Crippen molar-refractivity contribution in [3.63, 3.8) is 0 Å². The number of carboxylic acids is 1. The molecule has 0 saturated heterocycles. The third-order valence-corrected chi connectivity index (χ3v) is 3.97. The normalized spacial score (nSPS) is 10.2. The fourth-order valence-corrected chi connectivity index (χ4v) is 2.54. The van der Waals surface area contributed by atoms with Gasteiger partial charge in [0.05, 0.1) is 0 Å². The molecule has 0 bridgehead atoms. The molecule has 0 unspecified atom stereocenters. The third-order valence-electron chi connectivity index (χ3n) is 3.97. The molecule has 0 aliphatic rings. The Labute approximate surface area is 138 Å². The molecule has 0 heterocycles. The molecule has 2 nitrogen and oxygen atoms in total. The number of carboxylic acid groups (broad SMARTS) is 1. The lowest BCUT2D eigenvalue weighted by molar-refractivity contribution is -0.137. The van der Waals surface area contributed by atoms with E-state index in [1.807, 2.05) is 0 Å². The molecule has 0 rings (SSSR count). The van der Waals surface area contributed by atoms with E-state index < -0.39 is 5.97 Å². The third kappa shape index (κ3) is 19.0. The van der Waals surface area contributed by atoms with Gasteiger partial charge in [0.25, 0.3) is 0 Å². The summed E-state index contributed by atoms with van der Waals surface area (Å²) in [4.78, 5) is 10.3. The molecule has 0 aliphatic heterocycles. The number of carbonyl (C=O) groups is 1. The summed E-state index contributed by atoms with van der Waals surface area (Å²) < 4.78 is 0. The monoisotopic (exact) mass is 308 g/mol. The zero-order valence-corrected chi connectivity index (χ0v) is 14.7. The number of rotatable bonds is 15. The summed E-state index contributed by atoms with van der Waals surface area (Å²) in [5, 5.41) is 8.50. The van der Waals surface area contributed by atoms with E-state index in [1.54, 1.807) is 0 Å². The van der Waals surface area contributed by atoms with Crippen LogP contribution < -0.4 is 0 Å². The first-order valence-electron chi connectivity index (χ1n) is 9.45. The molecule has 2 heteroatoms. The van der Waals surface area contributed by atoms with Crippen LogP contribution in [0.25, 0.3) is 0 Å². The Morgan fingerprint density at radius 1 is 0.682 bits per heavy atom. The van der Waals surface area contributed by atoms with Gasteiger partial charge in [0.1, 0.15) is 0 Å². The summed E-state index contributed by atoms with van der Waals surface area (Å²) in [5.41, 5.74) is 0. The van der Waals surface area contributed by atoms with Crippen molar-refractivity contribution in [2.45, 2.75) is 110 Å². The lowest BCUT2D eigenvalue weighted by atomic mass is 10.1. The SMILES string of the molecule is CCCCCCCCCCCCCC#CCCCCC(=O)O. The first-order valence-corrected chi connectivity index (χ1v) is 9.45. The van der Waals surface area contributed by atoms with Gasteiger partial charge in [0.15, 0.2) is 0 Å². The Bertz CT molecular complexity index is 299. The second kappa shape index (κ2) is 18.1. The van der Waals surface area contributed by atoms with E-state index in [9.17, 15) is 4.79 Å². The van der Waals surface area contributed by atoms with Crippen molar-refractivity contribution in [2.75, 3.05) is 0 Å². The summed E-state index contributed by atoms with van der Waals surface area (Å²) in [6.07, 6.45) is 18.9. The summed E-state index contributed by atoms with van der Waals surface area (Å²) >= 11 is 0. The lowest BCUT2D eigenvalue weighted by Crippen LogP contribution is -1.92. The maximum Gasteiger partial charge on any atom is 0.303 e. The number of hydrogen-bond donors (Lipinski definition) is 1. The average Bonchev–Trinajstić information content (AvgIpc) is 2.50. The van der Waals surface area contributed by atoms with Gasteiger partial charge in [-0.05, 0) is 19.3 Å². The Kier molecular flexibility index (Phi) is 17.3. The Balaban J connectivity index is 3.09. The van der Waals surface area contributed by atoms with Gasteiger partial charge in [-0.1, -0.05) is 71.1 Å². The fraction of sp³-hybridized carbons (Fsp3) is 0.850. The molecule has 0 aliphatic carbocycles. The standard InChI is InChI=1S/C20H36O2/c1-2-3-4-5-6-7-8-9-10-11-12-13-14-15-16-17-18-19-20(21)22/h2-13,16-19H2,1H3,(H,21,22). The highest BCUT2D eigenvalue weighted by atomic mass is 16.4. The van der Waals surface area contributed by atoms with Gasteiger partial charge in [0.2, 0.25) is 0 Å². The summed E-state index contributed by atoms with van der Waals surface area (Å²) in [6.45, 7) is 2.27. The van der Waals surface area contributed by atoms with Crippen molar-refractivity contribution in [1.29, 1.82) is 0 Å². The maximum absolute atomic E-state index is 10.3. The van der Waals surface area contributed by atoms with Gasteiger partial charge in [-0.2, -0.15) is 0 Å². The Morgan fingerprint density at radius 3 is 1.55 bits per heavy atom. The van der Waals surface area contributed by atoms with E-state index in [1.165, 1.54) is 70.6 Å². The lowest BCUT2D eigenvalue weighted by Gasteiger charge is -2.01. The van der Waals surface area contributed by atoms with Crippen LogP contribution in [0.3, 0.4) is 0 Å². The van der Waals surface area contributed by atoms with Crippen molar-refractivity contribution in [1.82, 2.24) is 0 Å². The topological polar surface area (TPSA) is 37.3 Å². The van der Waals surface area contributed by atoms with Crippen LogP contribution in [0, 0.1) is 11.8 Å². The van der Waals surface area contributed by atoms with Gasteiger partial charge in [-0.15, -0.1) is 11.8 Å². The molecule has 0 fully saturated rings. The van der Waals surface area contributed by atoms with E-state index >= 15 is 0 Å². The van der Waals surface area contributed by atoms with Gasteiger partial charge >= 0.3 is 5.97 Å². The van der Waals surface area contributed by atoms with Gasteiger partial charge in [0, 0.05) is 19.3 Å². The molecule has 0 aromatic carbocycles. The van der Waals surface area contributed by atoms with E-state index in [-0.39, 0.29) is 6.42 Å². The summed E-state index contributed by atoms with van der Waals surface area (Å²) in [5.74, 6) is 5.66. The van der Waals surface area contributed by atoms with Crippen LogP contribution in [-0.2, 0) is 4.79 Å². The molecular formula is C20H36O2. The van der Waals surface area contributed by atoms with Crippen LogP contribution in [0.2, 0.25) is 0 Å². The zero-order valence-electron chi connectivity index (χ0n) is 14.7. The van der Waals surface area contributed by atoms with Gasteiger partial charge < -0.3 is 5.11 Å². The van der Waals surface area contributed by atoms with Crippen molar-refractivity contribution in [3.05, 3.63) is 0 Å². The Morgan fingerprint density at radius 2 is 1.09 bits per heavy atom. The van der Waals surface area contributed by atoms with Gasteiger partial charge in [-0.3, -0.25) is 4.79 Å². The van der Waals surface area contributed by atoms with E-state index in [2.05, 4.69) is 18.8 Å². The first kappa shape index (κ1) is 21.0. The molecule has 0 spiro atoms. The smallest absolute Gasteiger partial charge is 0.303 e. The van der Waals surface area contributed by atoms with Crippen LogP contribution >= 0.6 is 0 Å². The molecule has 0 amide bonds. The first-order chi connectivity index (χ1) is 10.8. The molecule has 22 heavy (non-hydrogen) atoms. The maximum atomic E-state index is 10.3. The van der Waals surface area contributed by atoms with Crippen LogP contribution in [0.1, 0.15) is 110 Å². The molecular weight excluding hydrogens is 272 g/mol. The fourth-order valence-electron chi connectivity index (χ4n) is 2.54. The largest absolute Gasteiger partial charge is 0.481 e. The van der Waals surface area contributed by atoms with E-state index in [0.29, 0.717) is 0 Å². The molecule has 0 saturated carbocycles. The minimum Gasteiger partial charge on any atom is -0.481 e. The molecule has 0 atom stereocenters. The molecule has 1 N–H and O–H groups in total. The van der Waals surface area contributed by atoms with Crippen LogP contribution in [-0.4, -0.2) is 11.1 Å². The van der Waals surface area contributed by atoms with Crippen LogP contribution in [0.5, 0.6) is 0 Å². The molecule has 0 aromatic heterocycles. The quantitative estimate of drug-likeness (QED) is 0.283. The second-order valence-electron chi connectivity index (χ2n) is 6.24. The van der Waals surface area contributed by atoms with Gasteiger partial charge in [-0.25, -0.2) is 0 Å². The number of unbranched alkanes of at least 4 members (excludes halogenated alkanes) is 13. The van der Waals surface area contributed by atoms with Crippen molar-refractivity contribution in [2.24, 2.45) is 0 Å². The molecule has 128 valence electrons. The van der Waals surface area contributed by atoms with Crippen molar-refractivity contribution < 1.29 is 9.90 Å². The Hall–Kier alpha value is -0.970. The van der Waals surface area contributed by atoms with Crippen LogP contribution in [0.15, 0.2) is 0 Å². The minimum absolute atomic E-state index is 0.278. The summed E-state index contributed by atoms with van der Waals surface area (Å²) in [6, 6.07) is 0. The highest BCUT2D eigenvalue weighted by Gasteiger charge is 1.94. The van der Waals surface area contributed by atoms with Crippen LogP contribution in [0.4, 0.5) is 0 Å². The predicted octanol–water partition coefficient (Wildman–Crippen LogP) is 6.34. The van der Waals surface area contributed by atoms with Crippen molar-refractivity contribution in [3.8, 4) is 11.8 Å². The highest BCUT2D eigenvalue weighted by Crippen LogP contribution is 2.11. The average molecular weight is 309 g/mol. The molecule has 0 aromatic rings. The minimum atomic E-state index is -0.700. The van der Waals surface area contributed by atoms with E-state index in [0.717, 1.165) is 25.7 Å². The van der Waals surface area contributed by atoms with Crippen molar-refractivity contribution >= 4 is 5.97 Å². The molecule has 0 radical (unpaired) electrons. The number of hydrogen-bond acceptors (Lipinski definition) is 1.